The van der Waals surface area contributed by atoms with Gasteiger partial charge in [0.2, 0.25) is 0 Å². The number of hydrogen-bond acceptors (Lipinski definition) is 3. The monoisotopic (exact) mass is 306 g/mol. The van der Waals surface area contributed by atoms with Crippen LogP contribution in [0.15, 0.2) is 30.5 Å². The number of aryl methyl sites for hydroxylation is 1. The van der Waals surface area contributed by atoms with Crippen LogP contribution in [0.3, 0.4) is 0 Å². The van der Waals surface area contributed by atoms with Crippen LogP contribution in [0, 0.1) is 0 Å². The molecule has 21 heavy (non-hydrogen) atoms. The van der Waals surface area contributed by atoms with Crippen molar-refractivity contribution in [2.45, 2.75) is 26.4 Å². The van der Waals surface area contributed by atoms with Gasteiger partial charge in [0.1, 0.15) is 5.69 Å². The minimum absolute atomic E-state index is 0.161. The predicted molar refractivity (Wildman–Crippen MR) is 84.3 cm³/mol. The van der Waals surface area contributed by atoms with Crippen LogP contribution in [0.1, 0.15) is 35.9 Å². The lowest BCUT2D eigenvalue weighted by Gasteiger charge is -2.26. The Kier molecular flexibility index (Phi) is 4.53. The van der Waals surface area contributed by atoms with E-state index in [-0.39, 0.29) is 11.9 Å². The standard InChI is InChI=1S/C15H19ClN4O/c1-4-20-14(13(17)9-18-20)15(21)19(3)10(2)11-7-5-6-8-12(11)16/h5-10H,4,17H2,1-3H3. The molecule has 1 aromatic heterocycles. The zero-order chi connectivity index (χ0) is 15.6. The predicted octanol–water partition coefficient (Wildman–Crippen LogP) is 2.97. The molecular weight excluding hydrogens is 288 g/mol. The fourth-order valence-corrected chi connectivity index (χ4v) is 2.53. The highest BCUT2D eigenvalue weighted by Gasteiger charge is 2.25. The number of nitrogens with two attached hydrogens (primary N) is 1. The molecule has 2 aromatic rings. The third-order valence-electron chi connectivity index (χ3n) is 3.63. The summed E-state index contributed by atoms with van der Waals surface area (Å²) >= 11 is 6.20. The second-order valence-corrected chi connectivity index (χ2v) is 5.29. The molecule has 0 saturated heterocycles. The summed E-state index contributed by atoms with van der Waals surface area (Å²) in [5.41, 5.74) is 7.57. The van der Waals surface area contributed by atoms with Gasteiger partial charge in [-0.1, -0.05) is 29.8 Å². The molecular formula is C15H19ClN4O. The number of carbonyl (C=O) groups excluding carboxylic acids is 1. The Morgan fingerprint density at radius 2 is 2.14 bits per heavy atom. The summed E-state index contributed by atoms with van der Waals surface area (Å²) in [5, 5.41) is 4.75. The molecule has 0 saturated carbocycles. The third kappa shape index (κ3) is 2.88. The Morgan fingerprint density at radius 1 is 1.48 bits per heavy atom. The number of aromatic nitrogens is 2. The van der Waals surface area contributed by atoms with Crippen molar-refractivity contribution in [1.82, 2.24) is 14.7 Å². The number of anilines is 1. The van der Waals surface area contributed by atoms with Gasteiger partial charge in [-0.15, -0.1) is 0 Å². The summed E-state index contributed by atoms with van der Waals surface area (Å²) in [6, 6.07) is 7.34. The van der Waals surface area contributed by atoms with Crippen LogP contribution in [0.4, 0.5) is 5.69 Å². The molecule has 112 valence electrons. The summed E-state index contributed by atoms with van der Waals surface area (Å²) < 4.78 is 1.60. The first kappa shape index (κ1) is 15.4. The molecule has 5 nitrogen and oxygen atoms in total. The van der Waals surface area contributed by atoms with Crippen LogP contribution in [-0.2, 0) is 6.54 Å². The van der Waals surface area contributed by atoms with E-state index in [1.54, 1.807) is 16.6 Å². The normalized spacial score (nSPS) is 12.2. The van der Waals surface area contributed by atoms with Crippen molar-refractivity contribution in [2.75, 3.05) is 12.8 Å². The molecule has 6 heteroatoms. The highest BCUT2D eigenvalue weighted by molar-refractivity contribution is 6.31. The number of nitrogens with zero attached hydrogens (tertiary/aromatic N) is 3. The van der Waals surface area contributed by atoms with Gasteiger partial charge in [-0.25, -0.2) is 0 Å². The van der Waals surface area contributed by atoms with Crippen LogP contribution in [0.5, 0.6) is 0 Å². The van der Waals surface area contributed by atoms with Crippen LogP contribution in [0.2, 0.25) is 5.02 Å². The van der Waals surface area contributed by atoms with Gasteiger partial charge in [0.15, 0.2) is 0 Å². The van der Waals surface area contributed by atoms with E-state index in [2.05, 4.69) is 5.10 Å². The first-order valence-electron chi connectivity index (χ1n) is 6.80. The lowest BCUT2D eigenvalue weighted by molar-refractivity contribution is 0.0731. The summed E-state index contributed by atoms with van der Waals surface area (Å²) in [6.07, 6.45) is 1.50. The first-order valence-corrected chi connectivity index (χ1v) is 7.18. The van der Waals surface area contributed by atoms with E-state index in [0.29, 0.717) is 22.9 Å². The molecule has 1 amide bonds. The Morgan fingerprint density at radius 3 is 2.76 bits per heavy atom. The van der Waals surface area contributed by atoms with Crippen LogP contribution < -0.4 is 5.73 Å². The molecule has 0 fully saturated rings. The number of rotatable bonds is 4. The summed E-state index contributed by atoms with van der Waals surface area (Å²) in [5.74, 6) is -0.167. The van der Waals surface area contributed by atoms with Gasteiger partial charge in [-0.3, -0.25) is 9.48 Å². The molecule has 1 heterocycles. The topological polar surface area (TPSA) is 64.2 Å². The average molecular weight is 307 g/mol. The number of amides is 1. The molecule has 1 unspecified atom stereocenters. The molecule has 0 aliphatic rings. The van der Waals surface area contributed by atoms with Crippen LogP contribution in [-0.4, -0.2) is 27.6 Å². The molecule has 0 aliphatic heterocycles. The van der Waals surface area contributed by atoms with E-state index >= 15 is 0 Å². The second kappa shape index (κ2) is 6.18. The minimum Gasteiger partial charge on any atom is -0.396 e. The number of benzene rings is 1. The number of carbonyl (C=O) groups is 1. The highest BCUT2D eigenvalue weighted by atomic mass is 35.5. The van der Waals surface area contributed by atoms with Gasteiger partial charge in [-0.05, 0) is 25.5 Å². The molecule has 0 spiro atoms. The lowest BCUT2D eigenvalue weighted by Crippen LogP contribution is -2.32. The van der Waals surface area contributed by atoms with Gasteiger partial charge in [0, 0.05) is 18.6 Å². The fourth-order valence-electron chi connectivity index (χ4n) is 2.24. The highest BCUT2D eigenvalue weighted by Crippen LogP contribution is 2.28. The van der Waals surface area contributed by atoms with Crippen molar-refractivity contribution < 1.29 is 4.79 Å². The number of halogens is 1. The van der Waals surface area contributed by atoms with Crippen molar-refractivity contribution in [3.05, 3.63) is 46.7 Å². The van der Waals surface area contributed by atoms with Crippen molar-refractivity contribution in [2.24, 2.45) is 0 Å². The van der Waals surface area contributed by atoms with E-state index in [1.165, 1.54) is 6.20 Å². The molecule has 0 bridgehead atoms. The Hall–Kier alpha value is -2.01. The Balaban J connectivity index is 2.31. The SMILES string of the molecule is CCn1ncc(N)c1C(=O)N(C)C(C)c1ccccc1Cl. The minimum atomic E-state index is -0.167. The molecule has 2 rings (SSSR count). The lowest BCUT2D eigenvalue weighted by atomic mass is 10.1. The number of nitrogen functional groups attached to an aromatic ring is 1. The largest absolute Gasteiger partial charge is 0.396 e. The van der Waals surface area contributed by atoms with Crippen LogP contribution >= 0.6 is 11.6 Å². The smallest absolute Gasteiger partial charge is 0.274 e. The maximum Gasteiger partial charge on any atom is 0.274 e. The first-order chi connectivity index (χ1) is 9.97. The third-order valence-corrected chi connectivity index (χ3v) is 3.97. The van der Waals surface area contributed by atoms with E-state index < -0.39 is 0 Å². The van der Waals surface area contributed by atoms with Crippen molar-refractivity contribution in [3.8, 4) is 0 Å². The van der Waals surface area contributed by atoms with Gasteiger partial charge >= 0.3 is 0 Å². The zero-order valence-corrected chi connectivity index (χ0v) is 13.1. The Bertz CT molecular complexity index is 653. The quantitative estimate of drug-likeness (QED) is 0.944. The maximum atomic E-state index is 12.7. The molecule has 1 aromatic carbocycles. The van der Waals surface area contributed by atoms with E-state index in [4.69, 9.17) is 17.3 Å². The molecule has 2 N–H and O–H groups in total. The zero-order valence-electron chi connectivity index (χ0n) is 12.4. The summed E-state index contributed by atoms with van der Waals surface area (Å²) in [6.45, 7) is 4.44. The molecule has 0 radical (unpaired) electrons. The number of hydrogen-bond donors (Lipinski definition) is 1. The van der Waals surface area contributed by atoms with Gasteiger partial charge < -0.3 is 10.6 Å². The summed E-state index contributed by atoms with van der Waals surface area (Å²) in [7, 11) is 1.74. The second-order valence-electron chi connectivity index (χ2n) is 4.88. The maximum absolute atomic E-state index is 12.7. The van der Waals surface area contributed by atoms with Gasteiger partial charge in [-0.2, -0.15) is 5.10 Å². The molecule has 1 atom stereocenters. The summed E-state index contributed by atoms with van der Waals surface area (Å²) in [4.78, 5) is 14.3. The van der Waals surface area contributed by atoms with Crippen LogP contribution in [0.25, 0.3) is 0 Å². The van der Waals surface area contributed by atoms with Gasteiger partial charge in [0.05, 0.1) is 17.9 Å². The van der Waals surface area contributed by atoms with Gasteiger partial charge in [0.25, 0.3) is 5.91 Å². The van der Waals surface area contributed by atoms with E-state index in [9.17, 15) is 4.79 Å². The van der Waals surface area contributed by atoms with E-state index in [1.807, 2.05) is 38.1 Å². The van der Waals surface area contributed by atoms with Crippen molar-refractivity contribution in [3.63, 3.8) is 0 Å². The Labute approximate surface area is 129 Å². The van der Waals surface area contributed by atoms with Crippen molar-refractivity contribution >= 4 is 23.2 Å². The molecule has 0 aliphatic carbocycles. The fraction of sp³-hybridized carbons (Fsp3) is 0.333. The average Bonchev–Trinajstić information content (AvgIpc) is 2.86. The van der Waals surface area contributed by atoms with E-state index in [0.717, 1.165) is 5.56 Å². The van der Waals surface area contributed by atoms with Crippen molar-refractivity contribution in [1.29, 1.82) is 0 Å².